The number of benzene rings is 1. The first kappa shape index (κ1) is 13.6. The predicted octanol–water partition coefficient (Wildman–Crippen LogP) is 2.93. The van der Waals surface area contributed by atoms with Gasteiger partial charge in [0.05, 0.1) is 4.90 Å². The van der Waals surface area contributed by atoms with E-state index in [0.29, 0.717) is 10.8 Å². The molecule has 3 rings (SSSR count). The molecule has 1 saturated heterocycles. The zero-order chi connectivity index (χ0) is 13.6. The maximum atomic E-state index is 12.8. The van der Waals surface area contributed by atoms with Gasteiger partial charge in [-0.25, -0.2) is 8.42 Å². The van der Waals surface area contributed by atoms with Gasteiger partial charge >= 0.3 is 0 Å². The molecule has 3 atom stereocenters. The highest BCUT2D eigenvalue weighted by Gasteiger charge is 2.50. The first-order valence-corrected chi connectivity index (χ1v) is 9.26. The van der Waals surface area contributed by atoms with Crippen molar-refractivity contribution < 1.29 is 8.42 Å². The molecule has 1 aromatic rings. The lowest BCUT2D eigenvalue weighted by Gasteiger charge is -2.33. The van der Waals surface area contributed by atoms with Crippen molar-refractivity contribution in [3.8, 4) is 0 Å². The van der Waals surface area contributed by atoms with Crippen LogP contribution >= 0.6 is 15.9 Å². The Bertz CT molecular complexity index is 570. The molecule has 1 heterocycles. The van der Waals surface area contributed by atoms with Crippen LogP contribution in [-0.2, 0) is 10.0 Å². The van der Waals surface area contributed by atoms with Crippen LogP contribution in [0, 0.1) is 12.8 Å². The second-order valence-corrected chi connectivity index (χ2v) is 8.09. The Kier molecular flexibility index (Phi) is 3.48. The van der Waals surface area contributed by atoms with Gasteiger partial charge in [-0.1, -0.05) is 33.6 Å². The van der Waals surface area contributed by atoms with Gasteiger partial charge in [0, 0.05) is 17.4 Å². The third kappa shape index (κ3) is 2.16. The number of fused-ring (bicyclic) bond motifs is 2. The van der Waals surface area contributed by atoms with Crippen LogP contribution in [0.4, 0.5) is 0 Å². The van der Waals surface area contributed by atoms with Gasteiger partial charge in [0.1, 0.15) is 0 Å². The largest absolute Gasteiger partial charge is 0.243 e. The Morgan fingerprint density at radius 1 is 1.26 bits per heavy atom. The number of nitrogens with zero attached hydrogens (tertiary/aromatic N) is 1. The van der Waals surface area contributed by atoms with Gasteiger partial charge in [0.25, 0.3) is 0 Å². The van der Waals surface area contributed by atoms with E-state index in [4.69, 9.17) is 0 Å². The topological polar surface area (TPSA) is 37.4 Å². The summed E-state index contributed by atoms with van der Waals surface area (Å²) in [5, 5.41) is 0.735. The van der Waals surface area contributed by atoms with Crippen molar-refractivity contribution in [3.63, 3.8) is 0 Å². The summed E-state index contributed by atoms with van der Waals surface area (Å²) in [6, 6.07) is 7.52. The molecule has 3 nitrogen and oxygen atoms in total. The minimum atomic E-state index is -3.34. The Labute approximate surface area is 123 Å². The molecule has 19 heavy (non-hydrogen) atoms. The molecule has 1 aromatic carbocycles. The molecule has 0 radical (unpaired) electrons. The number of piperidine rings is 1. The summed E-state index contributed by atoms with van der Waals surface area (Å²) in [7, 11) is -3.34. The second kappa shape index (κ2) is 4.86. The van der Waals surface area contributed by atoms with Crippen molar-refractivity contribution in [1.29, 1.82) is 0 Å². The van der Waals surface area contributed by atoms with Gasteiger partial charge in [-0.15, -0.1) is 0 Å². The summed E-state index contributed by atoms with van der Waals surface area (Å²) in [5.74, 6) is 0.532. The minimum Gasteiger partial charge on any atom is -0.207 e. The molecule has 1 aliphatic heterocycles. The quantitative estimate of drug-likeness (QED) is 0.791. The molecule has 0 unspecified atom stereocenters. The standard InChI is InChI=1S/C14H18BrNO2S/c1-10-2-6-13(7-3-10)19(17,18)16-12-5-4-11(8-12)14(16)9-15/h2-3,6-7,11-12,14H,4-5,8-9H2,1H3/t11-,12+,14+/m1/s1. The van der Waals surface area contributed by atoms with E-state index in [2.05, 4.69) is 15.9 Å². The molecule has 5 heteroatoms. The summed E-state index contributed by atoms with van der Waals surface area (Å²) in [6.45, 7) is 1.97. The van der Waals surface area contributed by atoms with E-state index in [1.807, 2.05) is 19.1 Å². The first-order chi connectivity index (χ1) is 9.04. The van der Waals surface area contributed by atoms with Crippen molar-refractivity contribution in [2.45, 2.75) is 43.2 Å². The smallest absolute Gasteiger partial charge is 0.207 e. The van der Waals surface area contributed by atoms with Gasteiger partial charge in [-0.2, -0.15) is 4.31 Å². The van der Waals surface area contributed by atoms with E-state index < -0.39 is 10.0 Å². The Hall–Kier alpha value is -0.390. The average molecular weight is 344 g/mol. The van der Waals surface area contributed by atoms with Crippen LogP contribution in [0.5, 0.6) is 0 Å². The van der Waals surface area contributed by atoms with Crippen molar-refractivity contribution in [2.75, 3.05) is 5.33 Å². The molecule has 104 valence electrons. The number of aryl methyl sites for hydroxylation is 1. The number of sulfonamides is 1. The third-order valence-electron chi connectivity index (χ3n) is 4.43. The number of alkyl halides is 1. The molecule has 0 spiro atoms. The van der Waals surface area contributed by atoms with Crippen molar-refractivity contribution in [3.05, 3.63) is 29.8 Å². The molecule has 2 aliphatic rings. The Morgan fingerprint density at radius 3 is 2.58 bits per heavy atom. The minimum absolute atomic E-state index is 0.130. The summed E-state index contributed by atoms with van der Waals surface area (Å²) in [4.78, 5) is 0.427. The number of hydrogen-bond donors (Lipinski definition) is 0. The summed E-state index contributed by atoms with van der Waals surface area (Å²) in [5.41, 5.74) is 1.08. The van der Waals surface area contributed by atoms with Crippen molar-refractivity contribution in [1.82, 2.24) is 4.31 Å². The highest BCUT2D eigenvalue weighted by molar-refractivity contribution is 9.09. The molecular weight excluding hydrogens is 326 g/mol. The fraction of sp³-hybridized carbons (Fsp3) is 0.571. The van der Waals surface area contributed by atoms with Crippen LogP contribution in [0.2, 0.25) is 0 Å². The van der Waals surface area contributed by atoms with Gasteiger partial charge in [-0.05, 0) is 44.2 Å². The SMILES string of the molecule is Cc1ccc(S(=O)(=O)N2[C@H]3CC[C@H](C3)[C@@H]2CBr)cc1. The Morgan fingerprint density at radius 2 is 1.95 bits per heavy atom. The normalized spacial score (nSPS) is 30.9. The first-order valence-electron chi connectivity index (χ1n) is 6.70. The van der Waals surface area contributed by atoms with Crippen LogP contribution in [0.15, 0.2) is 29.2 Å². The van der Waals surface area contributed by atoms with E-state index in [1.165, 1.54) is 6.42 Å². The van der Waals surface area contributed by atoms with Crippen molar-refractivity contribution in [2.24, 2.45) is 5.92 Å². The maximum absolute atomic E-state index is 12.8. The van der Waals surface area contributed by atoms with Crippen LogP contribution in [0.25, 0.3) is 0 Å². The fourth-order valence-electron chi connectivity index (χ4n) is 3.45. The van der Waals surface area contributed by atoms with Gasteiger partial charge < -0.3 is 0 Å². The summed E-state index contributed by atoms with van der Waals surface area (Å²) < 4.78 is 27.4. The predicted molar refractivity (Wildman–Crippen MR) is 78.9 cm³/mol. The number of rotatable bonds is 3. The van der Waals surface area contributed by atoms with Gasteiger partial charge in [0.2, 0.25) is 10.0 Å². The van der Waals surface area contributed by atoms with Crippen LogP contribution in [-0.4, -0.2) is 30.1 Å². The Balaban J connectivity index is 1.98. The summed E-state index contributed by atoms with van der Waals surface area (Å²) >= 11 is 3.49. The highest BCUT2D eigenvalue weighted by Crippen LogP contribution is 2.45. The average Bonchev–Trinajstić information content (AvgIpc) is 2.99. The van der Waals surface area contributed by atoms with Crippen LogP contribution in [0.1, 0.15) is 24.8 Å². The lowest BCUT2D eigenvalue weighted by atomic mass is 10.0. The monoisotopic (exact) mass is 343 g/mol. The highest BCUT2D eigenvalue weighted by atomic mass is 79.9. The van der Waals surface area contributed by atoms with Gasteiger partial charge in [-0.3, -0.25) is 0 Å². The van der Waals surface area contributed by atoms with Gasteiger partial charge in [0.15, 0.2) is 0 Å². The maximum Gasteiger partial charge on any atom is 0.243 e. The third-order valence-corrected chi connectivity index (χ3v) is 7.09. The molecule has 2 bridgehead atoms. The number of hydrogen-bond acceptors (Lipinski definition) is 2. The van der Waals surface area contributed by atoms with E-state index >= 15 is 0 Å². The molecule has 0 N–H and O–H groups in total. The second-order valence-electron chi connectivity index (χ2n) is 5.60. The van der Waals surface area contributed by atoms with E-state index in [9.17, 15) is 8.42 Å². The molecular formula is C14H18BrNO2S. The van der Waals surface area contributed by atoms with Crippen LogP contribution in [0.3, 0.4) is 0 Å². The lowest BCUT2D eigenvalue weighted by molar-refractivity contribution is 0.263. The van der Waals surface area contributed by atoms with Crippen molar-refractivity contribution >= 4 is 26.0 Å². The van der Waals surface area contributed by atoms with E-state index in [1.54, 1.807) is 16.4 Å². The molecule has 1 saturated carbocycles. The zero-order valence-electron chi connectivity index (χ0n) is 10.9. The molecule has 1 aliphatic carbocycles. The zero-order valence-corrected chi connectivity index (χ0v) is 13.3. The summed E-state index contributed by atoms with van der Waals surface area (Å²) in [6.07, 6.45) is 3.21. The fourth-order valence-corrected chi connectivity index (χ4v) is 6.39. The van der Waals surface area contributed by atoms with E-state index in [-0.39, 0.29) is 12.1 Å². The molecule has 0 amide bonds. The molecule has 2 fully saturated rings. The van der Waals surface area contributed by atoms with Crippen LogP contribution < -0.4 is 0 Å². The van der Waals surface area contributed by atoms with E-state index in [0.717, 1.165) is 23.7 Å². The lowest BCUT2D eigenvalue weighted by Crippen LogP contribution is -2.45. The number of halogens is 1. The molecule has 0 aromatic heterocycles.